The monoisotopic (exact) mass is 211 g/mol. The Morgan fingerprint density at radius 2 is 2.13 bits per heavy atom. The van der Waals surface area contributed by atoms with Crippen LogP contribution in [-0.2, 0) is 4.79 Å². The number of nitrogens with one attached hydrogen (secondary N) is 2. The molecule has 4 nitrogen and oxygen atoms in total. The van der Waals surface area contributed by atoms with Gasteiger partial charge in [-0.25, -0.2) is 0 Å². The van der Waals surface area contributed by atoms with Crippen molar-refractivity contribution in [3.05, 3.63) is 11.1 Å². The minimum atomic E-state index is 0.0696. The number of hydrogen-bond donors (Lipinski definition) is 2. The summed E-state index contributed by atoms with van der Waals surface area (Å²) in [7, 11) is 4.02. The molecule has 0 spiro atoms. The molecule has 1 aliphatic heterocycles. The Balaban J connectivity index is 2.36. The number of amides is 1. The molecule has 1 amide bonds. The highest BCUT2D eigenvalue weighted by molar-refractivity contribution is 5.93. The third-order valence-electron chi connectivity index (χ3n) is 2.99. The lowest BCUT2D eigenvalue weighted by molar-refractivity contribution is -0.117. The fourth-order valence-corrected chi connectivity index (χ4v) is 1.23. The summed E-state index contributed by atoms with van der Waals surface area (Å²) in [6.07, 6.45) is 0. The number of nitrogens with zero attached hydrogens (tertiary/aromatic N) is 1. The minimum Gasteiger partial charge on any atom is -0.351 e. The van der Waals surface area contributed by atoms with Gasteiger partial charge in [0, 0.05) is 31.2 Å². The molecule has 1 unspecified atom stereocenters. The maximum absolute atomic E-state index is 11.7. The van der Waals surface area contributed by atoms with E-state index in [4.69, 9.17) is 0 Å². The molecule has 1 aliphatic rings. The molecule has 1 heterocycles. The lowest BCUT2D eigenvalue weighted by atomic mass is 10.0. The van der Waals surface area contributed by atoms with E-state index < -0.39 is 0 Å². The first-order valence-electron chi connectivity index (χ1n) is 5.36. The molecule has 2 N–H and O–H groups in total. The van der Waals surface area contributed by atoms with E-state index in [0.29, 0.717) is 12.6 Å². The zero-order valence-corrected chi connectivity index (χ0v) is 10.1. The first kappa shape index (κ1) is 12.2. The normalized spacial score (nSPS) is 17.3. The van der Waals surface area contributed by atoms with Crippen LogP contribution in [-0.4, -0.2) is 50.6 Å². The summed E-state index contributed by atoms with van der Waals surface area (Å²) in [5.74, 6) is 0.0696. The van der Waals surface area contributed by atoms with Gasteiger partial charge >= 0.3 is 0 Å². The standard InChI is InChI=1S/C11H21N3O/c1-8(14(3)4)5-13-11(15)9(2)10-6-12-7-10/h8,12H,5-7H2,1-4H3,(H,13,15). The Morgan fingerprint density at radius 3 is 2.53 bits per heavy atom. The van der Waals surface area contributed by atoms with E-state index in [0.717, 1.165) is 18.7 Å². The predicted molar refractivity (Wildman–Crippen MR) is 61.7 cm³/mol. The molecule has 1 atom stereocenters. The summed E-state index contributed by atoms with van der Waals surface area (Å²) < 4.78 is 0. The highest BCUT2D eigenvalue weighted by Gasteiger charge is 2.16. The number of carbonyl (C=O) groups is 1. The molecule has 0 bridgehead atoms. The van der Waals surface area contributed by atoms with Crippen molar-refractivity contribution >= 4 is 5.91 Å². The van der Waals surface area contributed by atoms with Gasteiger partial charge in [-0.2, -0.15) is 0 Å². The maximum Gasteiger partial charge on any atom is 0.247 e. The quantitative estimate of drug-likeness (QED) is 0.642. The van der Waals surface area contributed by atoms with Crippen LogP contribution in [0.4, 0.5) is 0 Å². The lowest BCUT2D eigenvalue weighted by Crippen LogP contribution is -2.41. The van der Waals surface area contributed by atoms with Crippen molar-refractivity contribution < 1.29 is 4.79 Å². The molecule has 15 heavy (non-hydrogen) atoms. The summed E-state index contributed by atoms with van der Waals surface area (Å²) in [6.45, 7) is 6.41. The van der Waals surface area contributed by atoms with Crippen LogP contribution in [0.15, 0.2) is 11.1 Å². The second-order valence-corrected chi connectivity index (χ2v) is 4.35. The van der Waals surface area contributed by atoms with Gasteiger partial charge in [-0.3, -0.25) is 4.79 Å². The number of hydrogen-bond acceptors (Lipinski definition) is 3. The number of likely N-dealkylation sites (N-methyl/N-ethyl adjacent to an activating group) is 1. The molecule has 0 aliphatic carbocycles. The second kappa shape index (κ2) is 5.28. The van der Waals surface area contributed by atoms with Crippen LogP contribution in [0.3, 0.4) is 0 Å². The first-order valence-corrected chi connectivity index (χ1v) is 5.36. The molecule has 0 saturated carbocycles. The molecule has 1 saturated heterocycles. The van der Waals surface area contributed by atoms with Crippen molar-refractivity contribution in [3.8, 4) is 0 Å². The number of rotatable bonds is 4. The maximum atomic E-state index is 11.7. The average Bonchev–Trinajstić information content (AvgIpc) is 2.10. The summed E-state index contributed by atoms with van der Waals surface area (Å²) in [5.41, 5.74) is 2.10. The van der Waals surface area contributed by atoms with E-state index in [2.05, 4.69) is 22.5 Å². The molecule has 1 rings (SSSR count). The lowest BCUT2D eigenvalue weighted by Gasteiger charge is -2.23. The van der Waals surface area contributed by atoms with Gasteiger partial charge in [-0.1, -0.05) is 0 Å². The van der Waals surface area contributed by atoms with Gasteiger partial charge in [0.25, 0.3) is 0 Å². The number of carbonyl (C=O) groups excluding carboxylic acids is 1. The van der Waals surface area contributed by atoms with E-state index in [9.17, 15) is 4.79 Å². The molecule has 0 radical (unpaired) electrons. The first-order chi connectivity index (χ1) is 7.02. The van der Waals surface area contributed by atoms with Crippen molar-refractivity contribution in [1.29, 1.82) is 0 Å². The zero-order valence-electron chi connectivity index (χ0n) is 10.1. The van der Waals surface area contributed by atoms with E-state index >= 15 is 0 Å². The van der Waals surface area contributed by atoms with Crippen LogP contribution in [0.5, 0.6) is 0 Å². The van der Waals surface area contributed by atoms with Crippen LogP contribution in [0, 0.1) is 0 Å². The van der Waals surface area contributed by atoms with Crippen molar-refractivity contribution in [1.82, 2.24) is 15.5 Å². The van der Waals surface area contributed by atoms with Gasteiger partial charge in [-0.05, 0) is 33.5 Å². The van der Waals surface area contributed by atoms with E-state index in [1.165, 1.54) is 5.57 Å². The summed E-state index contributed by atoms with van der Waals surface area (Å²) in [5, 5.41) is 6.08. The molecule has 0 aromatic rings. The van der Waals surface area contributed by atoms with Gasteiger partial charge in [0.15, 0.2) is 0 Å². The van der Waals surface area contributed by atoms with Crippen LogP contribution in [0.2, 0.25) is 0 Å². The molecule has 4 heteroatoms. The SMILES string of the molecule is CC(C(=O)NCC(C)N(C)C)=C1CNC1. The van der Waals surface area contributed by atoms with Gasteiger partial charge in [-0.15, -0.1) is 0 Å². The Morgan fingerprint density at radius 1 is 1.53 bits per heavy atom. The average molecular weight is 211 g/mol. The minimum absolute atomic E-state index is 0.0696. The summed E-state index contributed by atoms with van der Waals surface area (Å²) in [6, 6.07) is 0.367. The fourth-order valence-electron chi connectivity index (χ4n) is 1.23. The van der Waals surface area contributed by atoms with Crippen molar-refractivity contribution in [3.63, 3.8) is 0 Å². The van der Waals surface area contributed by atoms with Gasteiger partial charge in [0.2, 0.25) is 5.91 Å². The van der Waals surface area contributed by atoms with Gasteiger partial charge in [0.1, 0.15) is 0 Å². The van der Waals surface area contributed by atoms with Crippen LogP contribution in [0.1, 0.15) is 13.8 Å². The zero-order chi connectivity index (χ0) is 11.4. The molecule has 0 aromatic carbocycles. The molecule has 0 aromatic heterocycles. The topological polar surface area (TPSA) is 44.4 Å². The van der Waals surface area contributed by atoms with E-state index in [1.54, 1.807) is 0 Å². The summed E-state index contributed by atoms with van der Waals surface area (Å²) >= 11 is 0. The Labute approximate surface area is 91.7 Å². The Bertz CT molecular complexity index is 265. The van der Waals surface area contributed by atoms with E-state index in [-0.39, 0.29) is 5.91 Å². The van der Waals surface area contributed by atoms with Gasteiger partial charge < -0.3 is 15.5 Å². The molecular weight excluding hydrogens is 190 g/mol. The molecule has 1 fully saturated rings. The van der Waals surface area contributed by atoms with Crippen LogP contribution < -0.4 is 10.6 Å². The molecular formula is C11H21N3O. The van der Waals surface area contributed by atoms with E-state index in [1.807, 2.05) is 21.0 Å². The van der Waals surface area contributed by atoms with Gasteiger partial charge in [0.05, 0.1) is 0 Å². The second-order valence-electron chi connectivity index (χ2n) is 4.35. The third-order valence-corrected chi connectivity index (χ3v) is 2.99. The Hall–Kier alpha value is -0.870. The largest absolute Gasteiger partial charge is 0.351 e. The smallest absolute Gasteiger partial charge is 0.247 e. The molecule has 86 valence electrons. The highest BCUT2D eigenvalue weighted by Crippen LogP contribution is 2.08. The summed E-state index contributed by atoms with van der Waals surface area (Å²) in [4.78, 5) is 13.8. The highest BCUT2D eigenvalue weighted by atomic mass is 16.1. The Kier molecular flexibility index (Phi) is 4.29. The van der Waals surface area contributed by atoms with Crippen LogP contribution in [0.25, 0.3) is 0 Å². The van der Waals surface area contributed by atoms with Crippen molar-refractivity contribution in [2.24, 2.45) is 0 Å². The predicted octanol–water partition coefficient (Wildman–Crippen LogP) is -0.0276. The fraction of sp³-hybridized carbons (Fsp3) is 0.727. The van der Waals surface area contributed by atoms with Crippen molar-refractivity contribution in [2.45, 2.75) is 19.9 Å². The third kappa shape index (κ3) is 3.32. The van der Waals surface area contributed by atoms with Crippen LogP contribution >= 0.6 is 0 Å². The van der Waals surface area contributed by atoms with Crippen molar-refractivity contribution in [2.75, 3.05) is 33.7 Å².